The number of carbonyl (C=O) groups excluding carboxylic acids is 2. The molecule has 1 heterocycles. The van der Waals surface area contributed by atoms with Crippen molar-refractivity contribution in [1.29, 1.82) is 0 Å². The number of nitrogens with one attached hydrogen (secondary N) is 2. The van der Waals surface area contributed by atoms with E-state index in [2.05, 4.69) is 25.2 Å². The van der Waals surface area contributed by atoms with Gasteiger partial charge >= 0.3 is 5.97 Å². The number of allylic oxidation sites excluding steroid dienone is 2. The van der Waals surface area contributed by atoms with E-state index < -0.39 is 5.97 Å². The number of carbonyl (C=O) groups is 2. The molecule has 1 aliphatic rings. The Morgan fingerprint density at radius 2 is 2.00 bits per heavy atom. The number of benzene rings is 1. The van der Waals surface area contributed by atoms with Gasteiger partial charge in [-0.15, -0.1) is 5.10 Å². The molecule has 0 bridgehead atoms. The van der Waals surface area contributed by atoms with Crippen molar-refractivity contribution in [1.82, 2.24) is 15.2 Å². The number of anilines is 1. The van der Waals surface area contributed by atoms with Gasteiger partial charge in [0, 0.05) is 17.3 Å². The molecule has 7 nitrogen and oxygen atoms in total. The molecular formula is C18H18N4O3. The third kappa shape index (κ3) is 4.00. The average Bonchev–Trinajstić information content (AvgIpc) is 3.12. The lowest BCUT2D eigenvalue weighted by atomic mass is 9.88. The number of rotatable bonds is 4. The largest absolute Gasteiger partial charge is 0.463 e. The number of H-pyrrole nitrogens is 1. The fraction of sp³-hybridized carbons (Fsp3) is 0.222. The summed E-state index contributed by atoms with van der Waals surface area (Å²) in [6.07, 6.45) is 5.88. The van der Waals surface area contributed by atoms with Crippen molar-refractivity contribution in [3.05, 3.63) is 59.1 Å². The molecule has 25 heavy (non-hydrogen) atoms. The van der Waals surface area contributed by atoms with Crippen LogP contribution < -0.4 is 5.32 Å². The molecule has 128 valence electrons. The fourth-order valence-corrected chi connectivity index (χ4v) is 2.59. The second kappa shape index (κ2) is 7.57. The number of aromatic nitrogens is 3. The summed E-state index contributed by atoms with van der Waals surface area (Å²) in [4.78, 5) is 27.9. The first-order valence-corrected chi connectivity index (χ1v) is 7.94. The van der Waals surface area contributed by atoms with Crippen LogP contribution in [0.2, 0.25) is 0 Å². The van der Waals surface area contributed by atoms with Gasteiger partial charge in [0.05, 0.1) is 7.11 Å². The van der Waals surface area contributed by atoms with Gasteiger partial charge in [-0.1, -0.05) is 30.3 Å². The minimum Gasteiger partial charge on any atom is -0.463 e. The Labute approximate surface area is 144 Å². The third-order valence-electron chi connectivity index (χ3n) is 3.86. The van der Waals surface area contributed by atoms with Crippen LogP contribution >= 0.6 is 0 Å². The predicted molar refractivity (Wildman–Crippen MR) is 92.7 cm³/mol. The van der Waals surface area contributed by atoms with E-state index in [0.717, 1.165) is 24.0 Å². The van der Waals surface area contributed by atoms with Crippen molar-refractivity contribution in [2.45, 2.75) is 19.3 Å². The van der Waals surface area contributed by atoms with Crippen LogP contribution in [0.4, 0.5) is 5.95 Å². The van der Waals surface area contributed by atoms with E-state index in [1.165, 1.54) is 7.11 Å². The number of hydrogen-bond donors (Lipinski definition) is 2. The Hall–Kier alpha value is -3.22. The molecule has 2 N–H and O–H groups in total. The van der Waals surface area contributed by atoms with Crippen molar-refractivity contribution in [2.24, 2.45) is 0 Å². The van der Waals surface area contributed by atoms with Gasteiger partial charge in [0.2, 0.25) is 11.8 Å². The molecular weight excluding hydrogens is 320 g/mol. The number of ketones is 1. The van der Waals surface area contributed by atoms with Crippen molar-refractivity contribution in [3.8, 4) is 0 Å². The number of esters is 1. The molecule has 1 aliphatic carbocycles. The standard InChI is InChI=1S/C18H18N4O3/c1-25-17(24)16-20-18(22-21-16)19-11-14-9-5-8-13(15(14)23)10-12-6-3-2-4-7-12/h2-4,6-7,10-11H,5,8-9H2,1H3,(H2,19,20,21,22)/b13-10?,14-11+. The second-order valence-electron chi connectivity index (χ2n) is 5.58. The molecule has 0 spiro atoms. The lowest BCUT2D eigenvalue weighted by Crippen LogP contribution is -2.13. The molecule has 1 fully saturated rings. The number of methoxy groups -OCH3 is 1. The van der Waals surface area contributed by atoms with Gasteiger partial charge < -0.3 is 10.1 Å². The Morgan fingerprint density at radius 1 is 1.24 bits per heavy atom. The molecule has 2 aromatic rings. The van der Waals surface area contributed by atoms with Crippen molar-refractivity contribution >= 4 is 23.8 Å². The maximum Gasteiger partial charge on any atom is 0.375 e. The monoisotopic (exact) mass is 338 g/mol. The first kappa shape index (κ1) is 16.6. The van der Waals surface area contributed by atoms with E-state index in [-0.39, 0.29) is 17.6 Å². The van der Waals surface area contributed by atoms with Gasteiger partial charge in [-0.3, -0.25) is 9.89 Å². The minimum atomic E-state index is -0.602. The van der Waals surface area contributed by atoms with Crippen LogP contribution in [0.3, 0.4) is 0 Å². The topological polar surface area (TPSA) is 97.0 Å². The lowest BCUT2D eigenvalue weighted by Gasteiger charge is -2.16. The Bertz CT molecular complexity index is 837. The van der Waals surface area contributed by atoms with Gasteiger partial charge in [-0.2, -0.15) is 4.98 Å². The summed E-state index contributed by atoms with van der Waals surface area (Å²) in [6.45, 7) is 0. The molecule has 1 saturated carbocycles. The smallest absolute Gasteiger partial charge is 0.375 e. The summed E-state index contributed by atoms with van der Waals surface area (Å²) in [5.74, 6) is -0.371. The summed E-state index contributed by atoms with van der Waals surface area (Å²) in [5.41, 5.74) is 2.46. The van der Waals surface area contributed by atoms with E-state index in [1.54, 1.807) is 6.20 Å². The molecule has 0 unspecified atom stereocenters. The Kier molecular flexibility index (Phi) is 5.03. The van der Waals surface area contributed by atoms with Gasteiger partial charge in [-0.25, -0.2) is 4.79 Å². The summed E-state index contributed by atoms with van der Waals surface area (Å²) in [6, 6.07) is 9.77. The summed E-state index contributed by atoms with van der Waals surface area (Å²) in [7, 11) is 1.27. The normalized spacial score (nSPS) is 17.7. The quantitative estimate of drug-likeness (QED) is 0.657. The first-order valence-electron chi connectivity index (χ1n) is 7.94. The summed E-state index contributed by atoms with van der Waals surface area (Å²) >= 11 is 0. The maximum absolute atomic E-state index is 12.6. The predicted octanol–water partition coefficient (Wildman–Crippen LogP) is 2.72. The second-order valence-corrected chi connectivity index (χ2v) is 5.58. The van der Waals surface area contributed by atoms with E-state index in [1.807, 2.05) is 36.4 Å². The van der Waals surface area contributed by atoms with Crippen LogP contribution in [-0.4, -0.2) is 34.0 Å². The highest BCUT2D eigenvalue weighted by Crippen LogP contribution is 2.26. The molecule has 0 amide bonds. The highest BCUT2D eigenvalue weighted by atomic mass is 16.5. The average molecular weight is 338 g/mol. The molecule has 0 atom stereocenters. The molecule has 1 aromatic heterocycles. The molecule has 0 aliphatic heterocycles. The molecule has 7 heteroatoms. The SMILES string of the molecule is COC(=O)c1nc(N/C=C2\CCCC(=Cc3ccccc3)C2=O)n[nH]1. The zero-order valence-corrected chi connectivity index (χ0v) is 13.8. The number of hydrogen-bond acceptors (Lipinski definition) is 6. The van der Waals surface area contributed by atoms with Crippen LogP contribution in [0.15, 0.2) is 47.7 Å². The number of aromatic amines is 1. The molecule has 0 radical (unpaired) electrons. The minimum absolute atomic E-state index is 0.00281. The summed E-state index contributed by atoms with van der Waals surface area (Å²) in [5, 5.41) is 9.19. The van der Waals surface area contributed by atoms with E-state index in [0.29, 0.717) is 12.0 Å². The van der Waals surface area contributed by atoms with Gasteiger partial charge in [0.15, 0.2) is 5.78 Å². The molecule has 0 saturated heterocycles. The van der Waals surface area contributed by atoms with Gasteiger partial charge in [0.1, 0.15) is 0 Å². The first-order chi connectivity index (χ1) is 12.2. The number of nitrogens with zero attached hydrogens (tertiary/aromatic N) is 2. The highest BCUT2D eigenvalue weighted by Gasteiger charge is 2.20. The number of ether oxygens (including phenoxy) is 1. The summed E-state index contributed by atoms with van der Waals surface area (Å²) < 4.78 is 4.55. The van der Waals surface area contributed by atoms with E-state index in [4.69, 9.17) is 0 Å². The Balaban J connectivity index is 1.72. The van der Waals surface area contributed by atoms with E-state index in [9.17, 15) is 9.59 Å². The van der Waals surface area contributed by atoms with Gasteiger partial charge in [-0.05, 0) is 30.9 Å². The van der Waals surface area contributed by atoms with Crippen LogP contribution in [-0.2, 0) is 9.53 Å². The zero-order chi connectivity index (χ0) is 17.6. The van der Waals surface area contributed by atoms with Gasteiger partial charge in [0.25, 0.3) is 0 Å². The Morgan fingerprint density at radius 3 is 2.76 bits per heavy atom. The molecule has 3 rings (SSSR count). The van der Waals surface area contributed by atoms with Crippen molar-refractivity contribution in [2.75, 3.05) is 12.4 Å². The molecule has 1 aromatic carbocycles. The fourth-order valence-electron chi connectivity index (χ4n) is 2.59. The zero-order valence-electron chi connectivity index (χ0n) is 13.8. The highest BCUT2D eigenvalue weighted by molar-refractivity contribution is 6.11. The third-order valence-corrected chi connectivity index (χ3v) is 3.86. The van der Waals surface area contributed by atoms with Crippen molar-refractivity contribution < 1.29 is 14.3 Å². The lowest BCUT2D eigenvalue weighted by molar-refractivity contribution is -0.112. The van der Waals surface area contributed by atoms with Crippen LogP contribution in [0.1, 0.15) is 35.4 Å². The van der Waals surface area contributed by atoms with Crippen molar-refractivity contribution in [3.63, 3.8) is 0 Å². The van der Waals surface area contributed by atoms with Crippen LogP contribution in [0.25, 0.3) is 6.08 Å². The van der Waals surface area contributed by atoms with Crippen LogP contribution in [0, 0.1) is 0 Å². The maximum atomic E-state index is 12.6. The number of Topliss-reactive ketones (excluding diaryl/α,β-unsaturated/α-hetero) is 1. The van der Waals surface area contributed by atoms with Crippen LogP contribution in [0.5, 0.6) is 0 Å². The van der Waals surface area contributed by atoms with E-state index >= 15 is 0 Å².